The minimum atomic E-state index is -3.58. The van der Waals surface area contributed by atoms with Crippen molar-refractivity contribution in [1.82, 2.24) is 4.31 Å². The lowest BCUT2D eigenvalue weighted by atomic mass is 10.2. The molecule has 0 unspecified atom stereocenters. The minimum absolute atomic E-state index is 0.127. The van der Waals surface area contributed by atoms with Crippen molar-refractivity contribution in [2.45, 2.75) is 18.7 Å². The highest BCUT2D eigenvalue weighted by Crippen LogP contribution is 2.26. The summed E-state index contributed by atoms with van der Waals surface area (Å²) in [4.78, 5) is 24.7. The van der Waals surface area contributed by atoms with Gasteiger partial charge in [0.1, 0.15) is 10.7 Å². The second-order valence-corrected chi connectivity index (χ2v) is 9.55. The van der Waals surface area contributed by atoms with Gasteiger partial charge >= 0.3 is 5.97 Å². The number of amides is 1. The van der Waals surface area contributed by atoms with E-state index in [1.165, 1.54) is 46.8 Å². The van der Waals surface area contributed by atoms with Crippen molar-refractivity contribution in [2.75, 3.05) is 25.0 Å². The SMILES string of the molecule is CCN(CC)S(=O)(=O)c1ccc(NC(=O)COC(=O)c2cc3cc(F)ccc3s2)cc1. The summed E-state index contributed by atoms with van der Waals surface area (Å²) in [7, 11) is -3.58. The van der Waals surface area contributed by atoms with Crippen LogP contribution in [0.25, 0.3) is 10.1 Å². The maximum Gasteiger partial charge on any atom is 0.348 e. The van der Waals surface area contributed by atoms with Crippen LogP contribution in [0.5, 0.6) is 0 Å². The van der Waals surface area contributed by atoms with E-state index in [4.69, 9.17) is 4.74 Å². The Labute approximate surface area is 183 Å². The number of nitrogens with zero attached hydrogens (tertiary/aromatic N) is 1. The Hall–Kier alpha value is -2.82. The van der Waals surface area contributed by atoms with Crippen LogP contribution in [0.1, 0.15) is 23.5 Å². The van der Waals surface area contributed by atoms with Crippen LogP contribution in [0.4, 0.5) is 10.1 Å². The van der Waals surface area contributed by atoms with Gasteiger partial charge in [0.15, 0.2) is 6.61 Å². The number of carbonyl (C=O) groups is 2. The molecule has 0 aliphatic rings. The Morgan fingerprint density at radius 2 is 1.74 bits per heavy atom. The molecule has 1 amide bonds. The van der Waals surface area contributed by atoms with Crippen LogP contribution in [0.15, 0.2) is 53.4 Å². The summed E-state index contributed by atoms with van der Waals surface area (Å²) in [6, 6.07) is 11.5. The molecule has 1 aromatic heterocycles. The van der Waals surface area contributed by atoms with Gasteiger partial charge in [0.25, 0.3) is 5.91 Å². The van der Waals surface area contributed by atoms with Gasteiger partial charge < -0.3 is 10.1 Å². The van der Waals surface area contributed by atoms with E-state index in [9.17, 15) is 22.4 Å². The number of hydrogen-bond acceptors (Lipinski definition) is 6. The van der Waals surface area contributed by atoms with E-state index in [1.807, 2.05) is 0 Å². The quantitative estimate of drug-likeness (QED) is 0.511. The topological polar surface area (TPSA) is 92.8 Å². The fourth-order valence-electron chi connectivity index (χ4n) is 2.94. The third-order valence-corrected chi connectivity index (χ3v) is 7.66. The van der Waals surface area contributed by atoms with E-state index < -0.39 is 34.3 Å². The van der Waals surface area contributed by atoms with Crippen LogP contribution >= 0.6 is 11.3 Å². The van der Waals surface area contributed by atoms with E-state index in [-0.39, 0.29) is 9.77 Å². The lowest BCUT2D eigenvalue weighted by molar-refractivity contribution is -0.119. The molecule has 0 saturated heterocycles. The molecule has 7 nitrogen and oxygen atoms in total. The van der Waals surface area contributed by atoms with E-state index >= 15 is 0 Å². The lowest BCUT2D eigenvalue weighted by Crippen LogP contribution is -2.30. The predicted octanol–water partition coefficient (Wildman–Crippen LogP) is 3.87. The van der Waals surface area contributed by atoms with Gasteiger partial charge in [0, 0.05) is 23.5 Å². The lowest BCUT2D eigenvalue weighted by Gasteiger charge is -2.18. The van der Waals surface area contributed by atoms with Gasteiger partial charge in [0.05, 0.1) is 4.90 Å². The van der Waals surface area contributed by atoms with Crippen molar-refractivity contribution in [3.63, 3.8) is 0 Å². The number of fused-ring (bicyclic) bond motifs is 1. The molecule has 2 aromatic carbocycles. The molecule has 10 heteroatoms. The molecular weight excluding hydrogens is 443 g/mol. The number of ether oxygens (including phenoxy) is 1. The first-order chi connectivity index (χ1) is 14.7. The molecule has 164 valence electrons. The van der Waals surface area contributed by atoms with Gasteiger partial charge in [-0.3, -0.25) is 4.79 Å². The number of esters is 1. The fraction of sp³-hybridized carbons (Fsp3) is 0.238. The maximum atomic E-state index is 13.3. The van der Waals surface area contributed by atoms with Crippen molar-refractivity contribution in [1.29, 1.82) is 0 Å². The number of thiophene rings is 1. The number of sulfonamides is 1. The van der Waals surface area contributed by atoms with Crippen molar-refractivity contribution >= 4 is 49.0 Å². The first-order valence-corrected chi connectivity index (χ1v) is 11.8. The normalized spacial score (nSPS) is 11.6. The highest BCUT2D eigenvalue weighted by atomic mass is 32.2. The molecule has 0 radical (unpaired) electrons. The summed E-state index contributed by atoms with van der Waals surface area (Å²) >= 11 is 1.15. The van der Waals surface area contributed by atoms with Crippen molar-refractivity contribution in [3.05, 3.63) is 59.2 Å². The molecule has 0 aliphatic heterocycles. The average Bonchev–Trinajstić information content (AvgIpc) is 3.16. The van der Waals surface area contributed by atoms with Crippen LogP contribution in [0, 0.1) is 5.82 Å². The van der Waals surface area contributed by atoms with E-state index in [0.717, 1.165) is 16.0 Å². The standard InChI is InChI=1S/C21H21FN2O5S2/c1-3-24(4-2)31(27,28)17-8-6-16(7-9-17)23-20(25)13-29-21(26)19-12-14-11-15(22)5-10-18(14)30-19/h5-12H,3-4,13H2,1-2H3,(H,23,25). The number of nitrogens with one attached hydrogen (secondary N) is 1. The molecule has 1 N–H and O–H groups in total. The molecule has 1 heterocycles. The smallest absolute Gasteiger partial charge is 0.348 e. The zero-order valence-electron chi connectivity index (χ0n) is 16.9. The van der Waals surface area contributed by atoms with E-state index in [2.05, 4.69) is 5.32 Å². The highest BCUT2D eigenvalue weighted by molar-refractivity contribution is 7.89. The van der Waals surface area contributed by atoms with Crippen LogP contribution in [-0.2, 0) is 19.6 Å². The summed E-state index contributed by atoms with van der Waals surface area (Å²) < 4.78 is 45.3. The van der Waals surface area contributed by atoms with Crippen LogP contribution in [0.3, 0.4) is 0 Å². The molecule has 3 aromatic rings. The molecule has 0 fully saturated rings. The number of rotatable bonds is 8. The van der Waals surface area contributed by atoms with Crippen LogP contribution < -0.4 is 5.32 Å². The summed E-state index contributed by atoms with van der Waals surface area (Å²) in [5.41, 5.74) is 0.372. The third kappa shape index (κ3) is 5.27. The molecule has 3 rings (SSSR count). The Morgan fingerprint density at radius 1 is 1.06 bits per heavy atom. The van der Waals surface area contributed by atoms with Crippen molar-refractivity contribution in [3.8, 4) is 0 Å². The van der Waals surface area contributed by atoms with Crippen LogP contribution in [0.2, 0.25) is 0 Å². The summed E-state index contributed by atoms with van der Waals surface area (Å²) in [6.07, 6.45) is 0. The Bertz CT molecular complexity index is 1200. The molecule has 0 aliphatic carbocycles. The fourth-order valence-corrected chi connectivity index (χ4v) is 5.33. The van der Waals surface area contributed by atoms with Crippen molar-refractivity contribution < 1.29 is 27.1 Å². The number of carbonyl (C=O) groups excluding carboxylic acids is 2. The monoisotopic (exact) mass is 464 g/mol. The number of halogens is 1. The Kier molecular flexibility index (Phi) is 7.04. The minimum Gasteiger partial charge on any atom is -0.451 e. The molecule has 0 spiro atoms. The first kappa shape index (κ1) is 22.9. The zero-order chi connectivity index (χ0) is 22.6. The third-order valence-electron chi connectivity index (χ3n) is 4.50. The molecule has 0 bridgehead atoms. The molecular formula is C21H21FN2O5S2. The average molecular weight is 465 g/mol. The van der Waals surface area contributed by atoms with Gasteiger partial charge in [0.2, 0.25) is 10.0 Å². The molecule has 31 heavy (non-hydrogen) atoms. The molecule has 0 atom stereocenters. The van der Waals surface area contributed by atoms with Gasteiger partial charge in [-0.05, 0) is 53.9 Å². The zero-order valence-corrected chi connectivity index (χ0v) is 18.6. The summed E-state index contributed by atoms with van der Waals surface area (Å²) in [5, 5.41) is 3.13. The summed E-state index contributed by atoms with van der Waals surface area (Å²) in [6.45, 7) is 3.72. The summed E-state index contributed by atoms with van der Waals surface area (Å²) in [5.74, 6) is -1.65. The van der Waals surface area contributed by atoms with Crippen LogP contribution in [-0.4, -0.2) is 44.3 Å². The number of hydrogen-bond donors (Lipinski definition) is 1. The van der Waals surface area contributed by atoms with Crippen molar-refractivity contribution in [2.24, 2.45) is 0 Å². The number of anilines is 1. The van der Waals surface area contributed by atoms with Gasteiger partial charge in [-0.2, -0.15) is 4.31 Å². The Balaban J connectivity index is 1.58. The number of benzene rings is 2. The second-order valence-electron chi connectivity index (χ2n) is 6.53. The predicted molar refractivity (Wildman–Crippen MR) is 117 cm³/mol. The van der Waals surface area contributed by atoms with E-state index in [1.54, 1.807) is 19.9 Å². The first-order valence-electron chi connectivity index (χ1n) is 9.51. The molecule has 0 saturated carbocycles. The van der Waals surface area contributed by atoms with Gasteiger partial charge in [-0.1, -0.05) is 13.8 Å². The second kappa shape index (κ2) is 9.54. The van der Waals surface area contributed by atoms with Gasteiger partial charge in [-0.15, -0.1) is 11.3 Å². The highest BCUT2D eigenvalue weighted by Gasteiger charge is 2.21. The largest absolute Gasteiger partial charge is 0.451 e. The van der Waals surface area contributed by atoms with E-state index in [0.29, 0.717) is 24.2 Å². The Morgan fingerprint density at radius 3 is 2.39 bits per heavy atom. The maximum absolute atomic E-state index is 13.3. The van der Waals surface area contributed by atoms with Gasteiger partial charge in [-0.25, -0.2) is 17.6 Å².